The van der Waals surface area contributed by atoms with Gasteiger partial charge in [-0.2, -0.15) is 5.26 Å². The SMILES string of the molecule is CC(Oc1ccccc1C#N)C(=O)Nc1nc(-c2ccc(F)cc2)cs1. The van der Waals surface area contributed by atoms with Gasteiger partial charge in [0.1, 0.15) is 17.6 Å². The van der Waals surface area contributed by atoms with Gasteiger partial charge < -0.3 is 4.74 Å². The van der Waals surface area contributed by atoms with E-state index in [4.69, 9.17) is 10.00 Å². The van der Waals surface area contributed by atoms with Crippen molar-refractivity contribution in [1.82, 2.24) is 4.98 Å². The number of aromatic nitrogens is 1. The minimum atomic E-state index is -0.803. The Morgan fingerprint density at radius 1 is 1.27 bits per heavy atom. The Labute approximate surface area is 153 Å². The number of halogens is 1. The summed E-state index contributed by atoms with van der Waals surface area (Å²) in [6.07, 6.45) is -0.803. The van der Waals surface area contributed by atoms with Gasteiger partial charge in [0, 0.05) is 10.9 Å². The Hall–Kier alpha value is -3.24. The molecule has 0 aliphatic heterocycles. The van der Waals surface area contributed by atoms with Crippen molar-refractivity contribution < 1.29 is 13.9 Å². The maximum absolute atomic E-state index is 13.0. The van der Waals surface area contributed by atoms with E-state index in [9.17, 15) is 9.18 Å². The molecule has 1 amide bonds. The fourth-order valence-corrected chi connectivity index (χ4v) is 2.92. The maximum atomic E-state index is 13.0. The van der Waals surface area contributed by atoms with Crippen LogP contribution in [-0.2, 0) is 4.79 Å². The third-order valence-corrected chi connectivity index (χ3v) is 4.31. The zero-order valence-electron chi connectivity index (χ0n) is 13.8. The summed E-state index contributed by atoms with van der Waals surface area (Å²) in [6.45, 7) is 1.60. The van der Waals surface area contributed by atoms with Gasteiger partial charge in [0.25, 0.3) is 5.91 Å². The van der Waals surface area contributed by atoms with Crippen molar-refractivity contribution in [2.45, 2.75) is 13.0 Å². The number of amides is 1. The highest BCUT2D eigenvalue weighted by Crippen LogP contribution is 2.25. The second-order valence-corrected chi connectivity index (χ2v) is 6.26. The molecule has 130 valence electrons. The van der Waals surface area contributed by atoms with E-state index >= 15 is 0 Å². The lowest BCUT2D eigenvalue weighted by Gasteiger charge is -2.14. The standard InChI is InChI=1S/C19H14FN3O2S/c1-12(25-17-5-3-2-4-14(17)10-21)18(24)23-19-22-16(11-26-19)13-6-8-15(20)9-7-13/h2-9,11-12H,1H3,(H,22,23,24). The first-order chi connectivity index (χ1) is 12.6. The molecule has 1 atom stereocenters. The summed E-state index contributed by atoms with van der Waals surface area (Å²) in [5, 5.41) is 14.0. The summed E-state index contributed by atoms with van der Waals surface area (Å²) in [5.41, 5.74) is 1.77. The summed E-state index contributed by atoms with van der Waals surface area (Å²) < 4.78 is 18.6. The average molecular weight is 367 g/mol. The number of para-hydroxylation sites is 1. The number of nitrogens with one attached hydrogen (secondary N) is 1. The minimum absolute atomic E-state index is 0.318. The van der Waals surface area contributed by atoms with Crippen LogP contribution < -0.4 is 10.1 Å². The molecule has 1 heterocycles. The monoisotopic (exact) mass is 367 g/mol. The fraction of sp³-hybridized carbons (Fsp3) is 0.105. The van der Waals surface area contributed by atoms with Gasteiger partial charge in [-0.3, -0.25) is 10.1 Å². The van der Waals surface area contributed by atoms with E-state index in [-0.39, 0.29) is 11.7 Å². The topological polar surface area (TPSA) is 75.0 Å². The molecule has 0 spiro atoms. The molecule has 26 heavy (non-hydrogen) atoms. The van der Waals surface area contributed by atoms with E-state index in [1.807, 2.05) is 6.07 Å². The van der Waals surface area contributed by atoms with Crippen LogP contribution in [0.3, 0.4) is 0 Å². The Bertz CT molecular complexity index is 963. The number of thiazole rings is 1. The summed E-state index contributed by atoms with van der Waals surface area (Å²) in [7, 11) is 0. The lowest BCUT2D eigenvalue weighted by atomic mass is 10.2. The molecule has 5 nitrogen and oxygen atoms in total. The molecule has 0 radical (unpaired) electrons. The number of carbonyl (C=O) groups is 1. The maximum Gasteiger partial charge on any atom is 0.266 e. The van der Waals surface area contributed by atoms with E-state index in [0.29, 0.717) is 22.1 Å². The molecule has 0 aliphatic rings. The molecule has 1 N–H and O–H groups in total. The number of ether oxygens (including phenoxy) is 1. The van der Waals surface area contributed by atoms with Crippen LogP contribution in [0.15, 0.2) is 53.9 Å². The van der Waals surface area contributed by atoms with Crippen LogP contribution in [0, 0.1) is 17.1 Å². The van der Waals surface area contributed by atoms with Crippen LogP contribution in [0.5, 0.6) is 5.75 Å². The molecule has 0 saturated carbocycles. The van der Waals surface area contributed by atoms with Crippen molar-refractivity contribution in [3.05, 3.63) is 65.3 Å². The van der Waals surface area contributed by atoms with Gasteiger partial charge in [-0.15, -0.1) is 11.3 Å². The first-order valence-corrected chi connectivity index (χ1v) is 8.63. The van der Waals surface area contributed by atoms with Crippen LogP contribution >= 0.6 is 11.3 Å². The molecule has 0 saturated heterocycles. The highest BCUT2D eigenvalue weighted by atomic mass is 32.1. The predicted molar refractivity (Wildman–Crippen MR) is 97.4 cm³/mol. The number of carbonyl (C=O) groups excluding carboxylic acids is 1. The first-order valence-electron chi connectivity index (χ1n) is 7.75. The molecule has 0 fully saturated rings. The summed E-state index contributed by atoms with van der Waals surface area (Å²) >= 11 is 1.26. The third-order valence-electron chi connectivity index (χ3n) is 3.55. The van der Waals surface area contributed by atoms with Gasteiger partial charge in [-0.1, -0.05) is 12.1 Å². The fourth-order valence-electron chi connectivity index (χ4n) is 2.20. The van der Waals surface area contributed by atoms with Crippen molar-refractivity contribution in [3.8, 4) is 23.1 Å². The van der Waals surface area contributed by atoms with Gasteiger partial charge >= 0.3 is 0 Å². The van der Waals surface area contributed by atoms with Gasteiger partial charge in [-0.05, 0) is 43.3 Å². The van der Waals surface area contributed by atoms with Crippen LogP contribution in [0.1, 0.15) is 12.5 Å². The van der Waals surface area contributed by atoms with Crippen LogP contribution in [0.2, 0.25) is 0 Å². The number of anilines is 1. The van der Waals surface area contributed by atoms with Crippen molar-refractivity contribution in [1.29, 1.82) is 5.26 Å². The molecule has 3 aromatic rings. The molecule has 0 bridgehead atoms. The Kier molecular flexibility index (Phi) is 5.25. The number of hydrogen-bond acceptors (Lipinski definition) is 5. The van der Waals surface area contributed by atoms with Gasteiger partial charge in [0.05, 0.1) is 11.3 Å². The van der Waals surface area contributed by atoms with E-state index in [2.05, 4.69) is 10.3 Å². The van der Waals surface area contributed by atoms with Crippen LogP contribution in [-0.4, -0.2) is 17.0 Å². The summed E-state index contributed by atoms with van der Waals surface area (Å²) in [5.74, 6) is -0.345. The Balaban J connectivity index is 1.66. The Morgan fingerprint density at radius 2 is 2.00 bits per heavy atom. The number of rotatable bonds is 5. The van der Waals surface area contributed by atoms with Crippen molar-refractivity contribution >= 4 is 22.4 Å². The molecule has 3 rings (SSSR count). The normalized spacial score (nSPS) is 11.4. The van der Waals surface area contributed by atoms with Crippen molar-refractivity contribution in [3.63, 3.8) is 0 Å². The summed E-state index contributed by atoms with van der Waals surface area (Å²) in [6, 6.07) is 14.7. The highest BCUT2D eigenvalue weighted by Gasteiger charge is 2.18. The van der Waals surface area contributed by atoms with E-state index in [0.717, 1.165) is 5.56 Å². The van der Waals surface area contributed by atoms with Gasteiger partial charge in [0.2, 0.25) is 0 Å². The lowest BCUT2D eigenvalue weighted by Crippen LogP contribution is -2.30. The van der Waals surface area contributed by atoms with Gasteiger partial charge in [-0.25, -0.2) is 9.37 Å². The van der Waals surface area contributed by atoms with Crippen LogP contribution in [0.25, 0.3) is 11.3 Å². The highest BCUT2D eigenvalue weighted by molar-refractivity contribution is 7.14. The van der Waals surface area contributed by atoms with Crippen molar-refractivity contribution in [2.24, 2.45) is 0 Å². The lowest BCUT2D eigenvalue weighted by molar-refractivity contribution is -0.122. The van der Waals surface area contributed by atoms with E-state index in [1.54, 1.807) is 48.7 Å². The molecule has 7 heteroatoms. The smallest absolute Gasteiger partial charge is 0.266 e. The number of nitriles is 1. The number of benzene rings is 2. The molecule has 1 aromatic heterocycles. The second kappa shape index (κ2) is 7.76. The minimum Gasteiger partial charge on any atom is -0.480 e. The number of hydrogen-bond donors (Lipinski definition) is 1. The second-order valence-electron chi connectivity index (χ2n) is 5.40. The first kappa shape index (κ1) is 17.6. The molecule has 2 aromatic carbocycles. The Morgan fingerprint density at radius 3 is 2.73 bits per heavy atom. The van der Waals surface area contributed by atoms with E-state index < -0.39 is 6.10 Å². The zero-order valence-corrected chi connectivity index (χ0v) is 14.6. The molecular weight excluding hydrogens is 353 g/mol. The predicted octanol–water partition coefficient (Wildman–Crippen LogP) is 4.23. The average Bonchev–Trinajstić information content (AvgIpc) is 3.11. The quantitative estimate of drug-likeness (QED) is 0.732. The molecule has 0 aliphatic carbocycles. The van der Waals surface area contributed by atoms with E-state index in [1.165, 1.54) is 23.5 Å². The third kappa shape index (κ3) is 4.05. The summed E-state index contributed by atoms with van der Waals surface area (Å²) in [4.78, 5) is 16.6. The molecule has 1 unspecified atom stereocenters. The van der Waals surface area contributed by atoms with Crippen molar-refractivity contribution in [2.75, 3.05) is 5.32 Å². The number of nitrogens with zero attached hydrogens (tertiary/aromatic N) is 2. The van der Waals surface area contributed by atoms with Crippen LogP contribution in [0.4, 0.5) is 9.52 Å². The zero-order chi connectivity index (χ0) is 18.5. The molecular formula is C19H14FN3O2S. The largest absolute Gasteiger partial charge is 0.480 e. The van der Waals surface area contributed by atoms with Gasteiger partial charge in [0.15, 0.2) is 11.2 Å².